The van der Waals surface area contributed by atoms with Crippen LogP contribution in [0.25, 0.3) is 11.1 Å². The Balaban J connectivity index is 1.52. The highest BCUT2D eigenvalue weighted by atomic mass is 16.5. The lowest BCUT2D eigenvalue weighted by atomic mass is 9.94. The highest BCUT2D eigenvalue weighted by Crippen LogP contribution is 2.30. The molecular weight excluding hydrogens is 470 g/mol. The molecule has 0 spiro atoms. The molecule has 0 amide bonds. The molecule has 4 rings (SSSR count). The fraction of sp³-hybridized carbons (Fsp3) is 0.242. The first-order valence-electron chi connectivity index (χ1n) is 13.1. The SMILES string of the molecule is CCc1c(COc2ccc(CNCCNC)c(OCc3cccc(C#N)c3)c2)cccc1-c1ccccc1. The van der Waals surface area contributed by atoms with Gasteiger partial charge in [-0.25, -0.2) is 0 Å². The second-order valence-electron chi connectivity index (χ2n) is 9.10. The zero-order chi connectivity index (χ0) is 26.6. The molecule has 0 saturated heterocycles. The van der Waals surface area contributed by atoms with Crippen LogP contribution in [0.15, 0.2) is 91.0 Å². The van der Waals surface area contributed by atoms with E-state index < -0.39 is 0 Å². The van der Waals surface area contributed by atoms with E-state index in [1.807, 2.05) is 43.4 Å². The first-order valence-corrected chi connectivity index (χ1v) is 13.1. The van der Waals surface area contributed by atoms with Crippen molar-refractivity contribution in [1.29, 1.82) is 5.26 Å². The summed E-state index contributed by atoms with van der Waals surface area (Å²) < 4.78 is 12.5. The fourth-order valence-corrected chi connectivity index (χ4v) is 4.47. The summed E-state index contributed by atoms with van der Waals surface area (Å²) in [5.74, 6) is 1.53. The largest absolute Gasteiger partial charge is 0.489 e. The molecule has 38 heavy (non-hydrogen) atoms. The molecule has 0 heterocycles. The Hall–Kier alpha value is -4.11. The summed E-state index contributed by atoms with van der Waals surface area (Å²) in [6.07, 6.45) is 0.928. The smallest absolute Gasteiger partial charge is 0.127 e. The number of benzene rings is 4. The van der Waals surface area contributed by atoms with E-state index in [0.29, 0.717) is 25.3 Å². The number of hydrogen-bond acceptors (Lipinski definition) is 5. The van der Waals surface area contributed by atoms with Gasteiger partial charge in [-0.2, -0.15) is 5.26 Å². The molecule has 4 aromatic rings. The Labute approximate surface area is 226 Å². The van der Waals surface area contributed by atoms with Gasteiger partial charge in [-0.15, -0.1) is 0 Å². The van der Waals surface area contributed by atoms with Crippen molar-refractivity contribution in [2.24, 2.45) is 0 Å². The minimum atomic E-state index is 0.377. The minimum Gasteiger partial charge on any atom is -0.489 e. The summed E-state index contributed by atoms with van der Waals surface area (Å²) in [7, 11) is 1.94. The van der Waals surface area contributed by atoms with E-state index in [1.165, 1.54) is 22.3 Å². The van der Waals surface area contributed by atoms with Gasteiger partial charge in [-0.05, 0) is 59.5 Å². The molecule has 0 fully saturated rings. The molecule has 0 aliphatic rings. The van der Waals surface area contributed by atoms with Gasteiger partial charge in [0.2, 0.25) is 0 Å². The van der Waals surface area contributed by atoms with Crippen molar-refractivity contribution in [2.45, 2.75) is 33.1 Å². The van der Waals surface area contributed by atoms with Crippen LogP contribution in [0.1, 0.15) is 34.7 Å². The monoisotopic (exact) mass is 505 g/mol. The Morgan fingerprint density at radius 3 is 2.42 bits per heavy atom. The van der Waals surface area contributed by atoms with E-state index >= 15 is 0 Å². The second kappa shape index (κ2) is 14.0. The van der Waals surface area contributed by atoms with E-state index in [-0.39, 0.29) is 0 Å². The summed E-state index contributed by atoms with van der Waals surface area (Å²) in [4.78, 5) is 0. The Morgan fingerprint density at radius 2 is 1.63 bits per heavy atom. The van der Waals surface area contributed by atoms with Crippen LogP contribution in [-0.2, 0) is 26.2 Å². The van der Waals surface area contributed by atoms with Gasteiger partial charge in [0.05, 0.1) is 11.6 Å². The molecule has 0 aliphatic carbocycles. The highest BCUT2D eigenvalue weighted by molar-refractivity contribution is 5.68. The summed E-state index contributed by atoms with van der Waals surface area (Å²) in [5.41, 5.74) is 7.60. The zero-order valence-electron chi connectivity index (χ0n) is 22.2. The maximum Gasteiger partial charge on any atom is 0.127 e. The third kappa shape index (κ3) is 7.23. The molecule has 4 aromatic carbocycles. The molecular formula is C33H35N3O2. The predicted molar refractivity (Wildman–Crippen MR) is 153 cm³/mol. The van der Waals surface area contributed by atoms with Crippen molar-refractivity contribution in [3.8, 4) is 28.7 Å². The molecule has 0 aromatic heterocycles. The molecule has 5 nitrogen and oxygen atoms in total. The number of rotatable bonds is 13. The topological polar surface area (TPSA) is 66.3 Å². The van der Waals surface area contributed by atoms with Gasteiger partial charge in [0, 0.05) is 31.3 Å². The molecule has 0 saturated carbocycles. The second-order valence-corrected chi connectivity index (χ2v) is 9.10. The van der Waals surface area contributed by atoms with Crippen molar-refractivity contribution >= 4 is 0 Å². The summed E-state index contributed by atoms with van der Waals surface area (Å²) in [6.45, 7) is 5.48. The van der Waals surface area contributed by atoms with Gasteiger partial charge in [0.25, 0.3) is 0 Å². The number of nitriles is 1. The van der Waals surface area contributed by atoms with Crippen LogP contribution in [0.2, 0.25) is 0 Å². The zero-order valence-corrected chi connectivity index (χ0v) is 22.2. The van der Waals surface area contributed by atoms with Gasteiger partial charge < -0.3 is 20.1 Å². The third-order valence-electron chi connectivity index (χ3n) is 6.46. The maximum atomic E-state index is 9.22. The lowest BCUT2D eigenvalue weighted by Gasteiger charge is -2.17. The lowest BCUT2D eigenvalue weighted by molar-refractivity contribution is 0.287. The van der Waals surface area contributed by atoms with Crippen molar-refractivity contribution in [2.75, 3.05) is 20.1 Å². The van der Waals surface area contributed by atoms with Crippen LogP contribution in [0, 0.1) is 11.3 Å². The summed E-state index contributed by atoms with van der Waals surface area (Å²) >= 11 is 0. The quantitative estimate of drug-likeness (QED) is 0.210. The summed E-state index contributed by atoms with van der Waals surface area (Å²) in [5, 5.41) is 15.8. The van der Waals surface area contributed by atoms with Crippen LogP contribution in [0.4, 0.5) is 0 Å². The molecule has 5 heteroatoms. The molecule has 0 unspecified atom stereocenters. The van der Waals surface area contributed by atoms with Gasteiger partial charge in [0.1, 0.15) is 24.7 Å². The molecule has 0 aliphatic heterocycles. The molecule has 2 N–H and O–H groups in total. The Morgan fingerprint density at radius 1 is 0.789 bits per heavy atom. The minimum absolute atomic E-state index is 0.377. The average molecular weight is 506 g/mol. The van der Waals surface area contributed by atoms with Crippen LogP contribution in [-0.4, -0.2) is 20.1 Å². The van der Waals surface area contributed by atoms with Crippen LogP contribution >= 0.6 is 0 Å². The standard InChI is InChI=1S/C33H35N3O2/c1-3-31-29(13-8-14-32(31)27-11-5-4-6-12-27)24-37-30-16-15-28(22-36-18-17-35-2)33(20-30)38-23-26-10-7-9-25(19-26)21-34/h4-16,19-20,35-36H,3,17-18,22-24H2,1-2H3. The van der Waals surface area contributed by atoms with Gasteiger partial charge in [-0.3, -0.25) is 0 Å². The van der Waals surface area contributed by atoms with Gasteiger partial charge in [0.15, 0.2) is 0 Å². The van der Waals surface area contributed by atoms with Crippen molar-refractivity contribution < 1.29 is 9.47 Å². The third-order valence-corrected chi connectivity index (χ3v) is 6.46. The molecule has 194 valence electrons. The van der Waals surface area contributed by atoms with Crippen molar-refractivity contribution in [3.63, 3.8) is 0 Å². The van der Waals surface area contributed by atoms with E-state index in [1.54, 1.807) is 6.07 Å². The number of ether oxygens (including phenoxy) is 2. The molecule has 0 atom stereocenters. The summed E-state index contributed by atoms with van der Waals surface area (Å²) in [6, 6.07) is 32.7. The van der Waals surface area contributed by atoms with E-state index in [9.17, 15) is 5.26 Å². The van der Waals surface area contributed by atoms with Crippen LogP contribution < -0.4 is 20.1 Å². The Kier molecular flexibility index (Phi) is 9.92. The van der Waals surface area contributed by atoms with E-state index in [4.69, 9.17) is 9.47 Å². The number of hydrogen-bond donors (Lipinski definition) is 2. The van der Waals surface area contributed by atoms with Crippen molar-refractivity contribution in [3.05, 3.63) is 119 Å². The number of nitrogens with zero attached hydrogens (tertiary/aromatic N) is 1. The normalized spacial score (nSPS) is 10.7. The number of likely N-dealkylation sites (N-methyl/N-ethyl adjacent to an activating group) is 1. The Bertz CT molecular complexity index is 1360. The maximum absolute atomic E-state index is 9.22. The van der Waals surface area contributed by atoms with Crippen molar-refractivity contribution in [1.82, 2.24) is 10.6 Å². The first-order chi connectivity index (χ1) is 18.7. The fourth-order valence-electron chi connectivity index (χ4n) is 4.47. The van der Waals surface area contributed by atoms with Crippen LogP contribution in [0.3, 0.4) is 0 Å². The molecule has 0 bridgehead atoms. The predicted octanol–water partition coefficient (Wildman–Crippen LogP) is 6.25. The average Bonchev–Trinajstić information content (AvgIpc) is 2.98. The first kappa shape index (κ1) is 26.9. The van der Waals surface area contributed by atoms with E-state index in [0.717, 1.165) is 42.1 Å². The van der Waals surface area contributed by atoms with Gasteiger partial charge in [-0.1, -0.05) is 73.7 Å². The lowest BCUT2D eigenvalue weighted by Crippen LogP contribution is -2.24. The molecule has 0 radical (unpaired) electrons. The highest BCUT2D eigenvalue weighted by Gasteiger charge is 2.11. The van der Waals surface area contributed by atoms with E-state index in [2.05, 4.69) is 72.2 Å². The van der Waals surface area contributed by atoms with Gasteiger partial charge >= 0.3 is 0 Å². The number of nitrogens with one attached hydrogen (secondary N) is 2. The van der Waals surface area contributed by atoms with Crippen LogP contribution in [0.5, 0.6) is 11.5 Å².